The summed E-state index contributed by atoms with van der Waals surface area (Å²) >= 11 is 6.13. The van der Waals surface area contributed by atoms with Crippen molar-refractivity contribution in [3.63, 3.8) is 0 Å². The van der Waals surface area contributed by atoms with Gasteiger partial charge in [-0.3, -0.25) is 19.3 Å². The summed E-state index contributed by atoms with van der Waals surface area (Å²) in [5, 5.41) is 3.10. The minimum atomic E-state index is -3.91. The van der Waals surface area contributed by atoms with Gasteiger partial charge >= 0.3 is 0 Å². The molecule has 0 bridgehead atoms. The summed E-state index contributed by atoms with van der Waals surface area (Å²) in [6.45, 7) is 0.0466. The van der Waals surface area contributed by atoms with Gasteiger partial charge in [0, 0.05) is 41.8 Å². The molecule has 2 N–H and O–H groups in total. The molecular formula is C27H22ClN5O4S. The number of aromatic nitrogens is 2. The minimum absolute atomic E-state index is 0.0466. The van der Waals surface area contributed by atoms with E-state index in [0.717, 1.165) is 0 Å². The van der Waals surface area contributed by atoms with Crippen molar-refractivity contribution in [3.8, 4) is 0 Å². The number of halogens is 1. The number of amides is 2. The molecule has 0 saturated carbocycles. The average Bonchev–Trinajstić information content (AvgIpc) is 2.99. The molecule has 1 atom stereocenters. The van der Waals surface area contributed by atoms with E-state index in [1.54, 1.807) is 72.9 Å². The number of hydrogen-bond acceptors (Lipinski definition) is 6. The molecule has 0 unspecified atom stereocenters. The molecule has 0 spiro atoms. The molecule has 192 valence electrons. The third-order valence-electron chi connectivity index (χ3n) is 5.98. The lowest BCUT2D eigenvalue weighted by atomic mass is 10.1. The van der Waals surface area contributed by atoms with Crippen molar-refractivity contribution in [2.45, 2.75) is 24.0 Å². The van der Waals surface area contributed by atoms with Crippen molar-refractivity contribution in [1.29, 1.82) is 0 Å². The van der Waals surface area contributed by atoms with Crippen LogP contribution in [0.3, 0.4) is 0 Å². The predicted molar refractivity (Wildman–Crippen MR) is 143 cm³/mol. The Hall–Kier alpha value is -4.28. The molecule has 2 aromatic carbocycles. The van der Waals surface area contributed by atoms with Crippen LogP contribution >= 0.6 is 11.6 Å². The molecule has 0 aliphatic carbocycles. The molecule has 0 fully saturated rings. The van der Waals surface area contributed by atoms with Gasteiger partial charge in [-0.05, 0) is 60.2 Å². The number of pyridine rings is 2. The van der Waals surface area contributed by atoms with Crippen LogP contribution in [0.5, 0.6) is 0 Å². The molecule has 9 nitrogen and oxygen atoms in total. The number of nitrogens with zero attached hydrogens (tertiary/aromatic N) is 3. The largest absolute Gasteiger partial charge is 0.323 e. The molecule has 11 heteroatoms. The summed E-state index contributed by atoms with van der Waals surface area (Å²) in [5.74, 6) is -0.743. The van der Waals surface area contributed by atoms with E-state index in [0.29, 0.717) is 33.2 Å². The summed E-state index contributed by atoms with van der Waals surface area (Å²) < 4.78 is 28.0. The lowest BCUT2D eigenvalue weighted by Crippen LogP contribution is -2.46. The fourth-order valence-corrected chi connectivity index (χ4v) is 5.38. The first-order valence-electron chi connectivity index (χ1n) is 11.6. The van der Waals surface area contributed by atoms with Crippen LogP contribution < -0.4 is 10.0 Å². The van der Waals surface area contributed by atoms with Gasteiger partial charge in [0.15, 0.2) is 5.03 Å². The van der Waals surface area contributed by atoms with Crippen molar-refractivity contribution in [2.24, 2.45) is 0 Å². The summed E-state index contributed by atoms with van der Waals surface area (Å²) in [5.41, 5.74) is 2.20. The van der Waals surface area contributed by atoms with Gasteiger partial charge in [-0.25, -0.2) is 4.98 Å². The molecule has 5 rings (SSSR count). The Kier molecular flexibility index (Phi) is 7.08. The minimum Gasteiger partial charge on any atom is -0.323 e. The van der Waals surface area contributed by atoms with Crippen LogP contribution in [-0.2, 0) is 27.8 Å². The van der Waals surface area contributed by atoms with Crippen molar-refractivity contribution in [2.75, 3.05) is 10.0 Å². The molecule has 38 heavy (non-hydrogen) atoms. The number of hydrogen-bond donors (Lipinski definition) is 2. The van der Waals surface area contributed by atoms with E-state index in [9.17, 15) is 18.0 Å². The zero-order valence-corrected chi connectivity index (χ0v) is 21.5. The van der Waals surface area contributed by atoms with Crippen LogP contribution in [0.15, 0.2) is 96.3 Å². The Morgan fingerprint density at radius 2 is 1.71 bits per heavy atom. The fourth-order valence-electron chi connectivity index (χ4n) is 4.21. The zero-order valence-electron chi connectivity index (χ0n) is 19.9. The standard InChI is InChI=1S/C27H22ClN5O4S/c28-19-10-11-22-23(15-19)31-26(34)24(16-20-7-1-3-12-29-20)33(27(22)35)17-18-6-5-8-21(14-18)32-38(36,37)25-9-2-4-13-30-25/h1-15,24,32H,16-17H2,(H,31,34)/t24-/m1/s1. The van der Waals surface area contributed by atoms with Crippen molar-refractivity contribution < 1.29 is 18.0 Å². The van der Waals surface area contributed by atoms with Crippen LogP contribution in [0.2, 0.25) is 5.02 Å². The molecule has 1 aliphatic rings. The Morgan fingerprint density at radius 1 is 0.921 bits per heavy atom. The van der Waals surface area contributed by atoms with Crippen LogP contribution in [0, 0.1) is 0 Å². The van der Waals surface area contributed by atoms with Crippen LogP contribution in [0.25, 0.3) is 0 Å². The Labute approximate surface area is 224 Å². The van der Waals surface area contributed by atoms with Crippen LogP contribution in [0.4, 0.5) is 11.4 Å². The van der Waals surface area contributed by atoms with Gasteiger partial charge in [0.05, 0.1) is 11.3 Å². The number of fused-ring (bicyclic) bond motifs is 1. The number of nitrogens with one attached hydrogen (secondary N) is 2. The number of sulfonamides is 1. The molecular weight excluding hydrogens is 526 g/mol. The third-order valence-corrected chi connectivity index (χ3v) is 7.52. The Bertz CT molecular complexity index is 1600. The SMILES string of the molecule is O=C1Nc2cc(Cl)ccc2C(=O)N(Cc2cccc(NS(=O)(=O)c3ccccn3)c2)[C@@H]1Cc1ccccn1. The molecule has 2 aromatic heterocycles. The van der Waals surface area contributed by atoms with E-state index in [4.69, 9.17) is 11.6 Å². The first kappa shape index (κ1) is 25.4. The quantitative estimate of drug-likeness (QED) is 0.359. The van der Waals surface area contributed by atoms with Gasteiger partial charge in [0.1, 0.15) is 6.04 Å². The van der Waals surface area contributed by atoms with E-state index >= 15 is 0 Å². The first-order valence-corrected chi connectivity index (χ1v) is 13.5. The summed E-state index contributed by atoms with van der Waals surface area (Å²) in [6, 6.07) is 20.5. The highest BCUT2D eigenvalue weighted by Gasteiger charge is 2.36. The molecule has 0 radical (unpaired) electrons. The van der Waals surface area contributed by atoms with E-state index in [2.05, 4.69) is 20.0 Å². The molecule has 1 aliphatic heterocycles. The van der Waals surface area contributed by atoms with Gasteiger partial charge in [-0.15, -0.1) is 0 Å². The van der Waals surface area contributed by atoms with E-state index in [-0.39, 0.29) is 29.8 Å². The molecule has 3 heterocycles. The van der Waals surface area contributed by atoms with E-state index in [1.807, 2.05) is 6.07 Å². The number of anilines is 2. The maximum Gasteiger partial charge on any atom is 0.279 e. The topological polar surface area (TPSA) is 121 Å². The van der Waals surface area contributed by atoms with Gasteiger partial charge in [0.25, 0.3) is 15.9 Å². The highest BCUT2D eigenvalue weighted by atomic mass is 35.5. The maximum atomic E-state index is 13.7. The maximum absolute atomic E-state index is 13.7. The van der Waals surface area contributed by atoms with E-state index < -0.39 is 16.1 Å². The van der Waals surface area contributed by atoms with Gasteiger partial charge in [0.2, 0.25) is 5.91 Å². The second kappa shape index (κ2) is 10.6. The average molecular weight is 548 g/mol. The lowest BCUT2D eigenvalue weighted by molar-refractivity contribution is -0.120. The molecule has 2 amide bonds. The summed E-state index contributed by atoms with van der Waals surface area (Å²) in [6.07, 6.45) is 3.21. The number of rotatable bonds is 7. The molecule has 4 aromatic rings. The number of carbonyl (C=O) groups excluding carboxylic acids is 2. The smallest absolute Gasteiger partial charge is 0.279 e. The number of carbonyl (C=O) groups is 2. The molecule has 0 saturated heterocycles. The Balaban J connectivity index is 1.48. The number of benzene rings is 2. The van der Waals surface area contributed by atoms with Gasteiger partial charge in [-0.2, -0.15) is 8.42 Å². The summed E-state index contributed by atoms with van der Waals surface area (Å²) in [4.78, 5) is 36.8. The second-order valence-electron chi connectivity index (χ2n) is 8.63. The monoisotopic (exact) mass is 547 g/mol. The van der Waals surface area contributed by atoms with Crippen molar-refractivity contribution >= 4 is 44.8 Å². The van der Waals surface area contributed by atoms with Crippen molar-refractivity contribution in [1.82, 2.24) is 14.9 Å². The van der Waals surface area contributed by atoms with E-state index in [1.165, 1.54) is 17.2 Å². The highest BCUT2D eigenvalue weighted by molar-refractivity contribution is 7.92. The van der Waals surface area contributed by atoms with Crippen LogP contribution in [0.1, 0.15) is 21.6 Å². The first-order chi connectivity index (χ1) is 18.3. The highest BCUT2D eigenvalue weighted by Crippen LogP contribution is 2.29. The van der Waals surface area contributed by atoms with Gasteiger partial charge < -0.3 is 10.2 Å². The predicted octanol–water partition coefficient (Wildman–Crippen LogP) is 4.14. The van der Waals surface area contributed by atoms with Gasteiger partial charge in [-0.1, -0.05) is 35.9 Å². The van der Waals surface area contributed by atoms with Crippen molar-refractivity contribution in [3.05, 3.63) is 113 Å². The third kappa shape index (κ3) is 5.51. The zero-order chi connectivity index (χ0) is 26.7. The lowest BCUT2D eigenvalue weighted by Gasteiger charge is -2.29. The second-order valence-corrected chi connectivity index (χ2v) is 10.7. The Morgan fingerprint density at radius 3 is 2.45 bits per heavy atom. The van der Waals surface area contributed by atoms with Crippen LogP contribution in [-0.4, -0.2) is 41.1 Å². The summed E-state index contributed by atoms with van der Waals surface area (Å²) in [7, 11) is -3.91. The fraction of sp³-hybridized carbons (Fsp3) is 0.111. The normalized spacial score (nSPS) is 15.4.